The van der Waals surface area contributed by atoms with Gasteiger partial charge in [-0.25, -0.2) is 9.47 Å². The number of fused-ring (bicyclic) bond motifs is 1. The van der Waals surface area contributed by atoms with Crippen molar-refractivity contribution in [2.75, 3.05) is 30.8 Å². The minimum atomic E-state index is -4.55. The van der Waals surface area contributed by atoms with Crippen molar-refractivity contribution in [3.05, 3.63) is 65.0 Å². The summed E-state index contributed by atoms with van der Waals surface area (Å²) >= 11 is 0. The van der Waals surface area contributed by atoms with E-state index in [0.717, 1.165) is 18.2 Å². The van der Waals surface area contributed by atoms with Gasteiger partial charge in [-0.05, 0) is 44.5 Å². The van der Waals surface area contributed by atoms with Gasteiger partial charge in [-0.15, -0.1) is 0 Å². The van der Waals surface area contributed by atoms with Crippen LogP contribution in [0.1, 0.15) is 36.2 Å². The lowest BCUT2D eigenvalue weighted by atomic mass is 10.1. The van der Waals surface area contributed by atoms with E-state index < -0.39 is 23.5 Å². The van der Waals surface area contributed by atoms with Gasteiger partial charge in [0.25, 0.3) is 0 Å². The minimum Gasteiger partial charge on any atom is -0.383 e. The Morgan fingerprint density at radius 1 is 0.919 bits per heavy atom. The van der Waals surface area contributed by atoms with Gasteiger partial charge in [-0.3, -0.25) is 0 Å². The monoisotopic (exact) mass is 525 g/mol. The number of halogens is 6. The lowest BCUT2D eigenvalue weighted by Crippen LogP contribution is -2.47. The number of hydrogen-bond acceptors (Lipinski definition) is 5. The molecular weight excluding hydrogens is 498 g/mol. The molecule has 37 heavy (non-hydrogen) atoms. The summed E-state index contributed by atoms with van der Waals surface area (Å²) in [4.78, 5) is 14.9. The second-order valence-electron chi connectivity index (χ2n) is 9.41. The molecule has 1 aliphatic heterocycles. The van der Waals surface area contributed by atoms with Crippen LogP contribution in [0.3, 0.4) is 0 Å². The first-order valence-corrected chi connectivity index (χ1v) is 11.7. The molecule has 0 amide bonds. The molecule has 4 rings (SSSR count). The van der Waals surface area contributed by atoms with Gasteiger partial charge in [0.05, 0.1) is 29.9 Å². The second-order valence-corrected chi connectivity index (χ2v) is 9.41. The molecule has 1 aromatic carbocycles. The fourth-order valence-corrected chi connectivity index (χ4v) is 4.51. The van der Waals surface area contributed by atoms with Crippen LogP contribution in [0.5, 0.6) is 0 Å². The SMILES string of the molecule is CC(C)[N+](C)(c1ccc(C(F)(F)F)cc1)c1nc(N)c2c(n1)CCN(c1ncccc1C(F)(F)F)CC2. The third kappa shape index (κ3) is 5.07. The standard InChI is InChI=1S/C25H27F6N6/c1-15(2)37(3,17-8-6-16(7-9-17)24(26,27)28)23-34-20-11-14-36(13-10-18(20)21(32)35-23)22-19(25(29,30)31)5-4-12-33-22/h4-9,12,15H,10-11,13-14H2,1-3H3,(H2,32,34,35)/q+1. The molecule has 0 saturated carbocycles. The Labute approximate surface area is 210 Å². The Morgan fingerprint density at radius 3 is 2.16 bits per heavy atom. The van der Waals surface area contributed by atoms with E-state index in [1.165, 1.54) is 24.4 Å². The number of nitrogens with two attached hydrogens (primary N) is 1. The van der Waals surface area contributed by atoms with Crippen LogP contribution in [0, 0.1) is 0 Å². The molecule has 1 atom stereocenters. The van der Waals surface area contributed by atoms with E-state index in [1.807, 2.05) is 13.8 Å². The van der Waals surface area contributed by atoms with Crippen LogP contribution in [0.4, 0.5) is 49.6 Å². The first-order chi connectivity index (χ1) is 17.2. The Bertz CT molecular complexity index is 1270. The van der Waals surface area contributed by atoms with Crippen LogP contribution in [-0.4, -0.2) is 41.1 Å². The molecule has 3 aromatic rings. The summed E-state index contributed by atoms with van der Waals surface area (Å²) in [5.41, 5.74) is 6.55. The van der Waals surface area contributed by atoms with Gasteiger partial charge >= 0.3 is 18.3 Å². The zero-order chi connectivity index (χ0) is 27.2. The average Bonchev–Trinajstić information content (AvgIpc) is 3.05. The maximum atomic E-state index is 13.6. The molecule has 1 aliphatic rings. The van der Waals surface area contributed by atoms with Crippen LogP contribution < -0.4 is 15.1 Å². The Balaban J connectivity index is 1.70. The summed E-state index contributed by atoms with van der Waals surface area (Å²) in [7, 11) is 1.79. The average molecular weight is 526 g/mol. The van der Waals surface area contributed by atoms with Crippen LogP contribution >= 0.6 is 0 Å². The quantitative estimate of drug-likeness (QED) is 0.346. The van der Waals surface area contributed by atoms with E-state index in [9.17, 15) is 26.3 Å². The van der Waals surface area contributed by atoms with Crippen molar-refractivity contribution in [1.29, 1.82) is 0 Å². The van der Waals surface area contributed by atoms with E-state index in [-0.39, 0.29) is 35.3 Å². The predicted octanol–water partition coefficient (Wildman–Crippen LogP) is 5.77. The summed E-state index contributed by atoms with van der Waals surface area (Å²) in [5, 5.41) is 0. The Morgan fingerprint density at radius 2 is 1.57 bits per heavy atom. The van der Waals surface area contributed by atoms with Crippen molar-refractivity contribution in [1.82, 2.24) is 19.4 Å². The van der Waals surface area contributed by atoms with E-state index in [0.29, 0.717) is 35.7 Å². The largest absolute Gasteiger partial charge is 0.419 e. The van der Waals surface area contributed by atoms with Crippen molar-refractivity contribution in [2.24, 2.45) is 0 Å². The number of benzene rings is 1. The molecule has 1 unspecified atom stereocenters. The fourth-order valence-electron chi connectivity index (χ4n) is 4.51. The number of alkyl halides is 6. The molecule has 0 aliphatic carbocycles. The van der Waals surface area contributed by atoms with Gasteiger partial charge in [0.1, 0.15) is 17.3 Å². The molecule has 0 fully saturated rings. The number of rotatable bonds is 4. The van der Waals surface area contributed by atoms with Crippen LogP contribution in [0.25, 0.3) is 0 Å². The molecule has 0 spiro atoms. The Kier molecular flexibility index (Phi) is 6.82. The minimum absolute atomic E-state index is 0.0161. The van der Waals surface area contributed by atoms with Crippen molar-refractivity contribution in [3.63, 3.8) is 0 Å². The van der Waals surface area contributed by atoms with Gasteiger partial charge in [-0.1, -0.05) is 0 Å². The van der Waals surface area contributed by atoms with E-state index in [2.05, 4.69) is 9.97 Å². The number of anilines is 2. The van der Waals surface area contributed by atoms with Crippen LogP contribution in [-0.2, 0) is 25.2 Å². The summed E-state index contributed by atoms with van der Waals surface area (Å²) < 4.78 is 80.0. The van der Waals surface area contributed by atoms with Gasteiger partial charge < -0.3 is 10.6 Å². The highest BCUT2D eigenvalue weighted by atomic mass is 19.4. The number of nitrogens with zero attached hydrogens (tertiary/aromatic N) is 5. The predicted molar refractivity (Wildman–Crippen MR) is 129 cm³/mol. The third-order valence-corrected chi connectivity index (χ3v) is 6.93. The van der Waals surface area contributed by atoms with Crippen molar-refractivity contribution < 1.29 is 26.3 Å². The molecule has 6 nitrogen and oxygen atoms in total. The molecule has 2 N–H and O–H groups in total. The maximum absolute atomic E-state index is 13.6. The number of hydrogen-bond donors (Lipinski definition) is 1. The molecular formula is C25H27F6N6+. The zero-order valence-electron chi connectivity index (χ0n) is 20.5. The van der Waals surface area contributed by atoms with E-state index >= 15 is 0 Å². The highest BCUT2D eigenvalue weighted by molar-refractivity contribution is 5.58. The molecule has 0 bridgehead atoms. The third-order valence-electron chi connectivity index (χ3n) is 6.93. The molecule has 3 heterocycles. The number of quaternary nitrogens is 1. The number of pyridine rings is 1. The van der Waals surface area contributed by atoms with Gasteiger partial charge in [0.2, 0.25) is 0 Å². The molecule has 2 aromatic heterocycles. The van der Waals surface area contributed by atoms with Gasteiger partial charge in [0, 0.05) is 43.4 Å². The molecule has 0 radical (unpaired) electrons. The summed E-state index contributed by atoms with van der Waals surface area (Å²) in [5.74, 6) is 0.353. The van der Waals surface area contributed by atoms with Gasteiger partial charge in [0.15, 0.2) is 0 Å². The van der Waals surface area contributed by atoms with E-state index in [4.69, 9.17) is 10.7 Å². The van der Waals surface area contributed by atoms with Crippen molar-refractivity contribution in [3.8, 4) is 0 Å². The lowest BCUT2D eigenvalue weighted by Gasteiger charge is -2.35. The number of nitrogen functional groups attached to an aromatic ring is 1. The topological polar surface area (TPSA) is 67.9 Å². The zero-order valence-corrected chi connectivity index (χ0v) is 20.5. The summed E-state index contributed by atoms with van der Waals surface area (Å²) in [6.45, 7) is 4.26. The van der Waals surface area contributed by atoms with E-state index in [1.54, 1.807) is 11.9 Å². The summed E-state index contributed by atoms with van der Waals surface area (Å²) in [6.07, 6.45) is -7.07. The molecule has 0 saturated heterocycles. The lowest BCUT2D eigenvalue weighted by molar-refractivity contribution is -0.138. The first-order valence-electron chi connectivity index (χ1n) is 11.7. The normalized spacial score (nSPS) is 16.3. The van der Waals surface area contributed by atoms with Crippen LogP contribution in [0.15, 0.2) is 42.6 Å². The number of aromatic nitrogens is 3. The van der Waals surface area contributed by atoms with Gasteiger partial charge in [-0.2, -0.15) is 36.3 Å². The highest BCUT2D eigenvalue weighted by Crippen LogP contribution is 2.39. The van der Waals surface area contributed by atoms with Crippen LogP contribution in [0.2, 0.25) is 0 Å². The summed E-state index contributed by atoms with van der Waals surface area (Å²) in [6, 6.07) is 6.92. The maximum Gasteiger partial charge on any atom is 0.419 e. The highest BCUT2D eigenvalue weighted by Gasteiger charge is 2.39. The smallest absolute Gasteiger partial charge is 0.383 e. The molecule has 198 valence electrons. The first kappa shape index (κ1) is 26.6. The van der Waals surface area contributed by atoms with Crippen molar-refractivity contribution in [2.45, 2.75) is 45.1 Å². The second kappa shape index (κ2) is 9.47. The molecule has 12 heteroatoms. The fraction of sp³-hybridized carbons (Fsp3) is 0.400. The Hall–Kier alpha value is -3.41. The van der Waals surface area contributed by atoms with Crippen molar-refractivity contribution >= 4 is 23.3 Å².